The number of hydrogen-bond donors (Lipinski definition) is 2. The molecule has 0 spiro atoms. The van der Waals surface area contributed by atoms with Crippen LogP contribution in [0, 0.1) is 0 Å². The van der Waals surface area contributed by atoms with Crippen molar-refractivity contribution >= 4 is 23.1 Å². The summed E-state index contributed by atoms with van der Waals surface area (Å²) < 4.78 is 5.79. The van der Waals surface area contributed by atoms with E-state index in [4.69, 9.17) is 4.74 Å². The van der Waals surface area contributed by atoms with Crippen LogP contribution in [-0.4, -0.2) is 18.7 Å². The van der Waals surface area contributed by atoms with Gasteiger partial charge >= 0.3 is 0 Å². The Morgan fingerprint density at radius 2 is 1.19 bits per heavy atom. The van der Waals surface area contributed by atoms with Gasteiger partial charge in [-0.25, -0.2) is 0 Å². The lowest BCUT2D eigenvalue weighted by Gasteiger charge is -2.09. The molecule has 136 valence electrons. The lowest BCUT2D eigenvalue weighted by Crippen LogP contribution is -2.11. The van der Waals surface area contributed by atoms with Crippen LogP contribution in [0.2, 0.25) is 0 Å². The molecule has 2 N–H and O–H groups in total. The second-order valence-electron chi connectivity index (χ2n) is 5.99. The topological polar surface area (TPSA) is 67.4 Å². The fourth-order valence-electron chi connectivity index (χ4n) is 2.49. The Bertz CT molecular complexity index is 931. The van der Waals surface area contributed by atoms with Crippen LogP contribution in [0.15, 0.2) is 72.8 Å². The van der Waals surface area contributed by atoms with Crippen LogP contribution in [0.25, 0.3) is 0 Å². The highest BCUT2D eigenvalue weighted by Gasteiger charge is 2.07. The minimum absolute atomic E-state index is 0.0295. The highest BCUT2D eigenvalue weighted by molar-refractivity contribution is 6.05. The number of Topliss-reactive ketones (excluding diaryl/α,β-unsaturated/α-hetero) is 1. The van der Waals surface area contributed by atoms with Crippen LogP contribution in [0.5, 0.6) is 11.5 Å². The van der Waals surface area contributed by atoms with Crippen molar-refractivity contribution in [1.82, 2.24) is 0 Å². The van der Waals surface area contributed by atoms with Crippen LogP contribution in [0.3, 0.4) is 0 Å². The number of rotatable bonds is 6. The fourth-order valence-corrected chi connectivity index (χ4v) is 2.49. The highest BCUT2D eigenvalue weighted by atomic mass is 16.5. The van der Waals surface area contributed by atoms with Crippen molar-refractivity contribution in [3.05, 3.63) is 83.9 Å². The maximum absolute atomic E-state index is 12.3. The van der Waals surface area contributed by atoms with E-state index in [1.807, 2.05) is 31.3 Å². The first-order valence-corrected chi connectivity index (χ1v) is 8.53. The first-order chi connectivity index (χ1) is 13.0. The van der Waals surface area contributed by atoms with Crippen LogP contribution >= 0.6 is 0 Å². The molecule has 3 aromatic rings. The van der Waals surface area contributed by atoms with E-state index in [0.29, 0.717) is 22.6 Å². The molecule has 0 aliphatic carbocycles. The third kappa shape index (κ3) is 4.73. The number of benzene rings is 3. The Kier molecular flexibility index (Phi) is 5.52. The summed E-state index contributed by atoms with van der Waals surface area (Å²) in [5.74, 6) is 1.15. The van der Waals surface area contributed by atoms with Gasteiger partial charge in [0.15, 0.2) is 5.78 Å². The molecule has 5 heteroatoms. The number of nitrogens with one attached hydrogen (secondary N) is 2. The van der Waals surface area contributed by atoms with E-state index in [2.05, 4.69) is 10.6 Å². The average molecular weight is 360 g/mol. The maximum Gasteiger partial charge on any atom is 0.255 e. The molecule has 0 saturated carbocycles. The third-order valence-electron chi connectivity index (χ3n) is 4.04. The molecular formula is C22H20N2O3. The van der Waals surface area contributed by atoms with Gasteiger partial charge in [0.05, 0.1) is 0 Å². The standard InChI is InChI=1S/C22H20N2O3/c1-15(25)16-3-5-17(6-4-16)22(26)24-19-9-13-21(14-10-19)27-20-11-7-18(23-2)8-12-20/h3-14,23H,1-2H3,(H,24,26). The number of hydrogen-bond acceptors (Lipinski definition) is 4. The first kappa shape index (κ1) is 18.2. The third-order valence-corrected chi connectivity index (χ3v) is 4.04. The van der Waals surface area contributed by atoms with E-state index in [1.54, 1.807) is 48.5 Å². The van der Waals surface area contributed by atoms with Gasteiger partial charge < -0.3 is 15.4 Å². The van der Waals surface area contributed by atoms with Crippen molar-refractivity contribution in [3.63, 3.8) is 0 Å². The quantitative estimate of drug-likeness (QED) is 0.609. The summed E-state index contributed by atoms with van der Waals surface area (Å²) in [6.07, 6.45) is 0. The molecular weight excluding hydrogens is 340 g/mol. The van der Waals surface area contributed by atoms with Gasteiger partial charge in [0.2, 0.25) is 0 Å². The molecule has 0 unspecified atom stereocenters. The summed E-state index contributed by atoms with van der Waals surface area (Å²) in [4.78, 5) is 23.6. The lowest BCUT2D eigenvalue weighted by atomic mass is 10.1. The number of carbonyl (C=O) groups is 2. The SMILES string of the molecule is CNc1ccc(Oc2ccc(NC(=O)c3ccc(C(C)=O)cc3)cc2)cc1. The molecule has 0 atom stereocenters. The van der Waals surface area contributed by atoms with Crippen LogP contribution in [-0.2, 0) is 0 Å². The first-order valence-electron chi connectivity index (χ1n) is 8.53. The number of carbonyl (C=O) groups excluding carboxylic acids is 2. The van der Waals surface area contributed by atoms with Crippen LogP contribution in [0.4, 0.5) is 11.4 Å². The van der Waals surface area contributed by atoms with E-state index in [-0.39, 0.29) is 11.7 Å². The van der Waals surface area contributed by atoms with E-state index < -0.39 is 0 Å². The molecule has 0 fully saturated rings. The Labute approximate surface area is 158 Å². The van der Waals surface area contributed by atoms with E-state index in [1.165, 1.54) is 6.92 Å². The summed E-state index contributed by atoms with van der Waals surface area (Å²) in [5, 5.41) is 5.88. The molecule has 0 radical (unpaired) electrons. The fraction of sp³-hybridized carbons (Fsp3) is 0.0909. The molecule has 0 bridgehead atoms. The van der Waals surface area contributed by atoms with E-state index >= 15 is 0 Å². The van der Waals surface area contributed by atoms with Gasteiger partial charge in [-0.2, -0.15) is 0 Å². The molecule has 3 rings (SSSR count). The van der Waals surface area contributed by atoms with E-state index in [0.717, 1.165) is 11.4 Å². The van der Waals surface area contributed by atoms with Gasteiger partial charge in [0.1, 0.15) is 11.5 Å². The zero-order valence-corrected chi connectivity index (χ0v) is 15.2. The molecule has 0 aromatic heterocycles. The second-order valence-corrected chi connectivity index (χ2v) is 5.99. The van der Waals surface area contributed by atoms with Gasteiger partial charge in [-0.1, -0.05) is 12.1 Å². The molecule has 5 nitrogen and oxygen atoms in total. The average Bonchev–Trinajstić information content (AvgIpc) is 2.70. The summed E-state index contributed by atoms with van der Waals surface area (Å²) in [5.41, 5.74) is 2.74. The molecule has 0 aliphatic rings. The van der Waals surface area contributed by atoms with Crippen molar-refractivity contribution in [2.24, 2.45) is 0 Å². The van der Waals surface area contributed by atoms with Gasteiger partial charge in [-0.05, 0) is 67.6 Å². The normalized spacial score (nSPS) is 10.1. The zero-order valence-electron chi connectivity index (χ0n) is 15.2. The van der Waals surface area contributed by atoms with Crippen LogP contribution in [0.1, 0.15) is 27.6 Å². The Balaban J connectivity index is 1.62. The lowest BCUT2D eigenvalue weighted by molar-refractivity contribution is 0.101. The molecule has 1 amide bonds. The van der Waals surface area contributed by atoms with Crippen molar-refractivity contribution in [1.29, 1.82) is 0 Å². The van der Waals surface area contributed by atoms with Crippen molar-refractivity contribution in [3.8, 4) is 11.5 Å². The smallest absolute Gasteiger partial charge is 0.255 e. The minimum Gasteiger partial charge on any atom is -0.457 e. The summed E-state index contributed by atoms with van der Waals surface area (Å²) in [6.45, 7) is 1.49. The maximum atomic E-state index is 12.3. The predicted molar refractivity (Wildman–Crippen MR) is 107 cm³/mol. The monoisotopic (exact) mass is 360 g/mol. The number of ether oxygens (including phenoxy) is 1. The summed E-state index contributed by atoms with van der Waals surface area (Å²) in [7, 11) is 1.86. The zero-order chi connectivity index (χ0) is 19.2. The molecule has 0 heterocycles. The van der Waals surface area contributed by atoms with Crippen molar-refractivity contribution < 1.29 is 14.3 Å². The summed E-state index contributed by atoms with van der Waals surface area (Å²) in [6, 6.07) is 21.3. The number of ketones is 1. The second kappa shape index (κ2) is 8.19. The van der Waals surface area contributed by atoms with Crippen molar-refractivity contribution in [2.75, 3.05) is 17.7 Å². The number of anilines is 2. The summed E-state index contributed by atoms with van der Waals surface area (Å²) >= 11 is 0. The molecule has 3 aromatic carbocycles. The Morgan fingerprint density at radius 1 is 0.704 bits per heavy atom. The molecule has 0 saturated heterocycles. The molecule has 27 heavy (non-hydrogen) atoms. The van der Waals surface area contributed by atoms with Gasteiger partial charge in [0, 0.05) is 29.5 Å². The Morgan fingerprint density at radius 3 is 1.67 bits per heavy atom. The van der Waals surface area contributed by atoms with E-state index in [9.17, 15) is 9.59 Å². The Hall–Kier alpha value is -3.60. The minimum atomic E-state index is -0.235. The van der Waals surface area contributed by atoms with Crippen LogP contribution < -0.4 is 15.4 Å². The van der Waals surface area contributed by atoms with Gasteiger partial charge in [-0.3, -0.25) is 9.59 Å². The van der Waals surface area contributed by atoms with Gasteiger partial charge in [-0.15, -0.1) is 0 Å². The largest absolute Gasteiger partial charge is 0.457 e. The number of amides is 1. The molecule has 0 aliphatic heterocycles. The van der Waals surface area contributed by atoms with Crippen molar-refractivity contribution in [2.45, 2.75) is 6.92 Å². The van der Waals surface area contributed by atoms with Gasteiger partial charge in [0.25, 0.3) is 5.91 Å². The predicted octanol–water partition coefficient (Wildman–Crippen LogP) is 4.98. The highest BCUT2D eigenvalue weighted by Crippen LogP contribution is 2.24.